The Hall–Kier alpha value is -1.00. The lowest BCUT2D eigenvalue weighted by Gasteiger charge is -2.38. The Labute approximate surface area is 114 Å². The Balaban J connectivity index is 3.18. The summed E-state index contributed by atoms with van der Waals surface area (Å²) < 4.78 is 0. The van der Waals surface area contributed by atoms with E-state index in [1.54, 1.807) is 0 Å². The maximum atomic E-state index is 5.49. The van der Waals surface area contributed by atoms with Crippen molar-refractivity contribution in [3.63, 3.8) is 0 Å². The summed E-state index contributed by atoms with van der Waals surface area (Å²) in [4.78, 5) is 0. The minimum absolute atomic E-state index is 0.427. The first-order valence-electron chi connectivity index (χ1n) is 6.65. The average molecular weight is 258 g/mol. The van der Waals surface area contributed by atoms with Crippen LogP contribution in [0.1, 0.15) is 43.0 Å². The van der Waals surface area contributed by atoms with Crippen LogP contribution >= 0.6 is 0 Å². The molecule has 0 radical (unpaired) electrons. The maximum absolute atomic E-state index is 5.49. The highest BCUT2D eigenvalue weighted by Gasteiger charge is 2.35. The summed E-state index contributed by atoms with van der Waals surface area (Å²) in [6.07, 6.45) is 5.49. The van der Waals surface area contributed by atoms with Gasteiger partial charge in [0, 0.05) is 5.56 Å². The van der Waals surface area contributed by atoms with Crippen LogP contribution in [-0.2, 0) is 6.04 Å². The zero-order valence-electron chi connectivity index (χ0n) is 12.9. The molecule has 0 amide bonds. The highest BCUT2D eigenvalue weighted by atomic mass is 28.3. The molecule has 1 aromatic rings. The number of terminal acetylenes is 1. The molecule has 0 aromatic heterocycles. The van der Waals surface area contributed by atoms with Gasteiger partial charge in [0.1, 0.15) is 0 Å². The third-order valence-corrected chi connectivity index (χ3v) is 9.81. The van der Waals surface area contributed by atoms with Gasteiger partial charge in [0.2, 0.25) is 0 Å². The molecule has 0 N–H and O–H groups in total. The van der Waals surface area contributed by atoms with Gasteiger partial charge in [0.25, 0.3) is 0 Å². The molecule has 98 valence electrons. The summed E-state index contributed by atoms with van der Waals surface area (Å²) in [6.45, 7) is 16.5. The minimum atomic E-state index is -1.29. The van der Waals surface area contributed by atoms with Gasteiger partial charge in [-0.1, -0.05) is 39.8 Å². The SMILES string of the molecule is C#Cc1cc(C)c(C[Si](C)(C)C(C)(C)C)c(C)c1. The topological polar surface area (TPSA) is 0 Å². The van der Waals surface area contributed by atoms with Crippen LogP contribution in [0.3, 0.4) is 0 Å². The number of benzene rings is 1. The van der Waals surface area contributed by atoms with Crippen LogP contribution in [0.25, 0.3) is 0 Å². The second kappa shape index (κ2) is 4.94. The lowest BCUT2D eigenvalue weighted by molar-refractivity contribution is 0.713. The van der Waals surface area contributed by atoms with Crippen molar-refractivity contribution < 1.29 is 0 Å². The Kier molecular flexibility index (Phi) is 4.13. The van der Waals surface area contributed by atoms with Crippen LogP contribution in [0.15, 0.2) is 12.1 Å². The zero-order valence-corrected chi connectivity index (χ0v) is 13.9. The molecule has 0 heterocycles. The van der Waals surface area contributed by atoms with Gasteiger partial charge in [0.05, 0.1) is 8.07 Å². The molecule has 0 saturated heterocycles. The van der Waals surface area contributed by atoms with Gasteiger partial charge in [-0.25, -0.2) is 0 Å². The normalized spacial score (nSPS) is 12.3. The Morgan fingerprint density at radius 2 is 1.56 bits per heavy atom. The van der Waals surface area contributed by atoms with Gasteiger partial charge in [-0.2, -0.15) is 0 Å². The van der Waals surface area contributed by atoms with Crippen LogP contribution in [0.2, 0.25) is 18.1 Å². The highest BCUT2D eigenvalue weighted by Crippen LogP contribution is 2.39. The summed E-state index contributed by atoms with van der Waals surface area (Å²) in [5.74, 6) is 2.74. The van der Waals surface area contributed by atoms with Crippen LogP contribution < -0.4 is 0 Å². The Morgan fingerprint density at radius 3 is 1.89 bits per heavy atom. The summed E-state index contributed by atoms with van der Waals surface area (Å²) >= 11 is 0. The van der Waals surface area contributed by atoms with E-state index in [0.717, 1.165) is 5.56 Å². The maximum Gasteiger partial charge on any atom is 0.0571 e. The quantitative estimate of drug-likeness (QED) is 0.524. The first-order valence-corrected chi connectivity index (χ1v) is 9.86. The molecule has 0 saturated carbocycles. The van der Waals surface area contributed by atoms with Gasteiger partial charge in [-0.05, 0) is 53.8 Å². The first kappa shape index (κ1) is 15.1. The van der Waals surface area contributed by atoms with Crippen molar-refractivity contribution >= 4 is 8.07 Å². The van der Waals surface area contributed by atoms with Crippen molar-refractivity contribution in [2.24, 2.45) is 0 Å². The number of aryl methyl sites for hydroxylation is 2. The second-order valence-electron chi connectivity index (χ2n) is 7.04. The van der Waals surface area contributed by atoms with E-state index in [1.807, 2.05) is 0 Å². The zero-order chi connectivity index (χ0) is 14.1. The van der Waals surface area contributed by atoms with Crippen molar-refractivity contribution in [2.75, 3.05) is 0 Å². The molecular formula is C17H26Si. The van der Waals surface area contributed by atoms with Crippen LogP contribution in [-0.4, -0.2) is 8.07 Å². The van der Waals surface area contributed by atoms with Crippen LogP contribution in [0.5, 0.6) is 0 Å². The van der Waals surface area contributed by atoms with Crippen molar-refractivity contribution in [1.29, 1.82) is 0 Å². The smallest absolute Gasteiger partial charge is 0.0571 e. The lowest BCUT2D eigenvalue weighted by atomic mass is 10.0. The molecule has 0 unspecified atom stereocenters. The molecule has 0 aliphatic heterocycles. The van der Waals surface area contributed by atoms with Gasteiger partial charge in [0.15, 0.2) is 0 Å². The van der Waals surface area contributed by atoms with E-state index in [2.05, 4.69) is 65.8 Å². The van der Waals surface area contributed by atoms with E-state index >= 15 is 0 Å². The number of rotatable bonds is 2. The Bertz CT molecular complexity index is 458. The van der Waals surface area contributed by atoms with Gasteiger partial charge in [-0.15, -0.1) is 6.42 Å². The molecule has 0 fully saturated rings. The van der Waals surface area contributed by atoms with E-state index in [1.165, 1.54) is 22.7 Å². The average Bonchev–Trinajstić information content (AvgIpc) is 2.21. The second-order valence-corrected chi connectivity index (χ2v) is 12.7. The van der Waals surface area contributed by atoms with E-state index in [-0.39, 0.29) is 0 Å². The van der Waals surface area contributed by atoms with Crippen molar-refractivity contribution in [3.05, 3.63) is 34.4 Å². The van der Waals surface area contributed by atoms with E-state index < -0.39 is 8.07 Å². The molecular weight excluding hydrogens is 232 g/mol. The number of hydrogen-bond acceptors (Lipinski definition) is 0. The molecule has 0 aliphatic carbocycles. The molecule has 1 aromatic carbocycles. The summed E-state index contributed by atoms with van der Waals surface area (Å²) in [5.41, 5.74) is 5.23. The highest BCUT2D eigenvalue weighted by molar-refractivity contribution is 6.79. The van der Waals surface area contributed by atoms with Crippen molar-refractivity contribution in [3.8, 4) is 12.3 Å². The molecule has 1 rings (SSSR count). The van der Waals surface area contributed by atoms with Crippen molar-refractivity contribution in [1.82, 2.24) is 0 Å². The van der Waals surface area contributed by atoms with E-state index in [0.29, 0.717) is 5.04 Å². The minimum Gasteiger partial charge on any atom is -0.115 e. The summed E-state index contributed by atoms with van der Waals surface area (Å²) in [5, 5.41) is 0.427. The predicted octanol–water partition coefficient (Wildman–Crippen LogP) is 4.87. The standard InChI is InChI=1S/C17H26Si/c1-9-15-10-13(2)16(14(3)11-15)12-18(7,8)17(4,5)6/h1,10-11H,12H2,2-8H3. The molecule has 0 spiro atoms. The predicted molar refractivity (Wildman–Crippen MR) is 84.8 cm³/mol. The fourth-order valence-electron chi connectivity index (χ4n) is 2.06. The molecule has 0 bridgehead atoms. The largest absolute Gasteiger partial charge is 0.115 e. The van der Waals surface area contributed by atoms with Crippen LogP contribution in [0.4, 0.5) is 0 Å². The Morgan fingerprint density at radius 1 is 1.11 bits per heavy atom. The molecule has 1 heteroatoms. The third kappa shape index (κ3) is 3.06. The summed E-state index contributed by atoms with van der Waals surface area (Å²) in [7, 11) is -1.29. The fraction of sp³-hybridized carbons (Fsp3) is 0.529. The van der Waals surface area contributed by atoms with Crippen molar-refractivity contribution in [2.45, 2.75) is 58.8 Å². The third-order valence-electron chi connectivity index (χ3n) is 4.51. The monoisotopic (exact) mass is 258 g/mol. The molecule has 0 nitrogen and oxygen atoms in total. The van der Waals surface area contributed by atoms with E-state index in [4.69, 9.17) is 6.42 Å². The van der Waals surface area contributed by atoms with E-state index in [9.17, 15) is 0 Å². The number of hydrogen-bond donors (Lipinski definition) is 0. The fourth-order valence-corrected chi connectivity index (χ4v) is 4.03. The molecule has 0 aliphatic rings. The van der Waals surface area contributed by atoms with Gasteiger partial charge in [-0.3, -0.25) is 0 Å². The first-order chi connectivity index (χ1) is 8.08. The molecule has 0 atom stereocenters. The van der Waals surface area contributed by atoms with Crippen LogP contribution in [0, 0.1) is 26.2 Å². The van der Waals surface area contributed by atoms with Gasteiger partial charge < -0.3 is 0 Å². The molecule has 18 heavy (non-hydrogen) atoms. The van der Waals surface area contributed by atoms with Gasteiger partial charge >= 0.3 is 0 Å². The lowest BCUT2D eigenvalue weighted by Crippen LogP contribution is -2.40. The summed E-state index contributed by atoms with van der Waals surface area (Å²) in [6, 6.07) is 5.53.